The number of nitrogens with one attached hydrogen (secondary N) is 1. The highest BCUT2D eigenvalue weighted by Gasteiger charge is 2.30. The summed E-state index contributed by atoms with van der Waals surface area (Å²) in [6, 6.07) is 7.60. The van der Waals surface area contributed by atoms with Crippen molar-refractivity contribution in [1.82, 2.24) is 30.5 Å². The molecule has 25 heavy (non-hydrogen) atoms. The van der Waals surface area contributed by atoms with E-state index in [0.717, 1.165) is 23.7 Å². The van der Waals surface area contributed by atoms with Crippen molar-refractivity contribution in [2.45, 2.75) is 18.8 Å². The minimum absolute atomic E-state index is 0.0522. The van der Waals surface area contributed by atoms with Gasteiger partial charge in [0, 0.05) is 24.4 Å². The number of likely N-dealkylation sites (tertiary alicyclic amines) is 1. The molecular weight excluding hydrogens is 320 g/mol. The Hall–Kier alpha value is -3.03. The number of piperidine rings is 1. The molecule has 0 aliphatic carbocycles. The number of carbonyl (C=O) groups excluding carboxylic acids is 1. The van der Waals surface area contributed by atoms with E-state index in [0.29, 0.717) is 30.2 Å². The average molecular weight is 338 g/mol. The van der Waals surface area contributed by atoms with Crippen molar-refractivity contribution in [3.63, 3.8) is 0 Å². The fraction of sp³-hybridized carbons (Fsp3) is 0.353. The van der Waals surface area contributed by atoms with Gasteiger partial charge in [0.2, 0.25) is 0 Å². The lowest BCUT2D eigenvalue weighted by molar-refractivity contribution is 0.0703. The first-order valence-electron chi connectivity index (χ1n) is 8.22. The lowest BCUT2D eigenvalue weighted by Gasteiger charge is -2.31. The maximum atomic E-state index is 13.3. The van der Waals surface area contributed by atoms with E-state index in [-0.39, 0.29) is 11.8 Å². The number of nitrogens with zero attached hydrogens (tertiary/aromatic N) is 5. The van der Waals surface area contributed by atoms with Gasteiger partial charge in [-0.15, -0.1) is 10.2 Å². The third kappa shape index (κ3) is 2.79. The molecule has 4 rings (SSSR count). The fourth-order valence-electron chi connectivity index (χ4n) is 3.37. The largest absolute Gasteiger partial charge is 0.494 e. The third-order valence-corrected chi connectivity index (χ3v) is 4.61. The third-order valence-electron chi connectivity index (χ3n) is 4.61. The number of para-hydroxylation sites is 1. The van der Waals surface area contributed by atoms with Crippen LogP contribution in [0.3, 0.4) is 0 Å². The monoisotopic (exact) mass is 338 g/mol. The maximum Gasteiger partial charge on any atom is 0.258 e. The Kier molecular flexibility index (Phi) is 4.01. The molecule has 1 atom stereocenters. The Bertz CT molecular complexity index is 895. The number of aromatic nitrogens is 5. The number of fused-ring (bicyclic) bond motifs is 1. The van der Waals surface area contributed by atoms with E-state index in [1.165, 1.54) is 0 Å². The molecule has 1 saturated heterocycles. The highest BCUT2D eigenvalue weighted by molar-refractivity contribution is 6.08. The summed E-state index contributed by atoms with van der Waals surface area (Å²) in [6.07, 6.45) is 3.45. The molecule has 0 bridgehead atoms. The summed E-state index contributed by atoms with van der Waals surface area (Å²) in [5.74, 6) is 1.19. The number of pyridine rings is 1. The van der Waals surface area contributed by atoms with Crippen molar-refractivity contribution in [3.05, 3.63) is 41.9 Å². The number of H-pyrrole nitrogens is 1. The second-order valence-electron chi connectivity index (χ2n) is 6.08. The van der Waals surface area contributed by atoms with E-state index in [2.05, 4.69) is 25.6 Å². The number of carbonyl (C=O) groups is 1. The van der Waals surface area contributed by atoms with Crippen molar-refractivity contribution in [1.29, 1.82) is 0 Å². The number of benzene rings is 1. The van der Waals surface area contributed by atoms with Gasteiger partial charge in [0.05, 0.1) is 24.4 Å². The molecule has 3 aromatic rings. The SMILES string of the molecule is COc1cnc2ccccc2c1C(=O)N1CCCC(c2nn[nH]n2)C1. The van der Waals surface area contributed by atoms with Gasteiger partial charge in [-0.25, -0.2) is 0 Å². The van der Waals surface area contributed by atoms with Crippen molar-refractivity contribution >= 4 is 16.8 Å². The van der Waals surface area contributed by atoms with E-state index in [9.17, 15) is 4.79 Å². The van der Waals surface area contributed by atoms with Crippen molar-refractivity contribution < 1.29 is 9.53 Å². The highest BCUT2D eigenvalue weighted by atomic mass is 16.5. The van der Waals surface area contributed by atoms with Gasteiger partial charge in [0.15, 0.2) is 11.6 Å². The molecule has 0 radical (unpaired) electrons. The number of hydrogen-bond donors (Lipinski definition) is 1. The summed E-state index contributed by atoms with van der Waals surface area (Å²) in [5.41, 5.74) is 1.33. The quantitative estimate of drug-likeness (QED) is 0.782. The molecule has 3 heterocycles. The van der Waals surface area contributed by atoms with Gasteiger partial charge in [0.25, 0.3) is 5.91 Å². The Labute approximate surface area is 144 Å². The van der Waals surface area contributed by atoms with Gasteiger partial charge in [-0.1, -0.05) is 23.4 Å². The molecule has 1 aromatic carbocycles. The molecule has 8 heteroatoms. The van der Waals surface area contributed by atoms with Gasteiger partial charge >= 0.3 is 0 Å². The first-order valence-corrected chi connectivity index (χ1v) is 8.22. The topological polar surface area (TPSA) is 96.9 Å². The zero-order valence-electron chi connectivity index (χ0n) is 13.8. The Morgan fingerprint density at radius 3 is 3.04 bits per heavy atom. The summed E-state index contributed by atoms with van der Waals surface area (Å²) in [4.78, 5) is 19.5. The van der Waals surface area contributed by atoms with Crippen LogP contribution < -0.4 is 4.74 Å². The van der Waals surface area contributed by atoms with Crippen LogP contribution in [-0.4, -0.2) is 56.6 Å². The lowest BCUT2D eigenvalue weighted by atomic mass is 9.96. The second kappa shape index (κ2) is 6.46. The van der Waals surface area contributed by atoms with Crippen LogP contribution in [0.4, 0.5) is 0 Å². The number of tetrazole rings is 1. The molecule has 1 fully saturated rings. The lowest BCUT2D eigenvalue weighted by Crippen LogP contribution is -2.39. The number of methoxy groups -OCH3 is 1. The van der Waals surface area contributed by atoms with Crippen LogP contribution in [0, 0.1) is 0 Å². The fourth-order valence-corrected chi connectivity index (χ4v) is 3.37. The highest BCUT2D eigenvalue weighted by Crippen LogP contribution is 2.30. The van der Waals surface area contributed by atoms with E-state index < -0.39 is 0 Å². The smallest absolute Gasteiger partial charge is 0.258 e. The molecule has 1 unspecified atom stereocenters. The molecule has 1 amide bonds. The number of hydrogen-bond acceptors (Lipinski definition) is 6. The van der Waals surface area contributed by atoms with Gasteiger partial charge in [0.1, 0.15) is 0 Å². The molecule has 1 aliphatic rings. The van der Waals surface area contributed by atoms with E-state index in [4.69, 9.17) is 4.74 Å². The van der Waals surface area contributed by atoms with Crippen LogP contribution in [0.15, 0.2) is 30.5 Å². The first kappa shape index (κ1) is 15.5. The summed E-state index contributed by atoms with van der Waals surface area (Å²) in [7, 11) is 1.56. The summed E-state index contributed by atoms with van der Waals surface area (Å²) in [6.45, 7) is 1.27. The van der Waals surface area contributed by atoms with Crippen LogP contribution in [-0.2, 0) is 0 Å². The Morgan fingerprint density at radius 2 is 2.24 bits per heavy atom. The zero-order valence-corrected chi connectivity index (χ0v) is 13.8. The van der Waals surface area contributed by atoms with Crippen molar-refractivity contribution in [3.8, 4) is 5.75 Å². The predicted octanol–water partition coefficient (Wildman–Crippen LogP) is 1.78. The minimum Gasteiger partial charge on any atom is -0.494 e. The number of aromatic amines is 1. The van der Waals surface area contributed by atoms with Gasteiger partial charge < -0.3 is 9.64 Å². The van der Waals surface area contributed by atoms with Crippen LogP contribution in [0.1, 0.15) is 34.9 Å². The van der Waals surface area contributed by atoms with Crippen molar-refractivity contribution in [2.24, 2.45) is 0 Å². The van der Waals surface area contributed by atoms with Gasteiger partial charge in [-0.3, -0.25) is 9.78 Å². The minimum atomic E-state index is -0.0522. The Morgan fingerprint density at radius 1 is 1.36 bits per heavy atom. The van der Waals surface area contributed by atoms with Crippen LogP contribution in [0.25, 0.3) is 10.9 Å². The molecule has 2 aromatic heterocycles. The van der Waals surface area contributed by atoms with Crippen LogP contribution in [0.2, 0.25) is 0 Å². The van der Waals surface area contributed by atoms with E-state index >= 15 is 0 Å². The summed E-state index contributed by atoms with van der Waals surface area (Å²) in [5, 5.41) is 15.0. The van der Waals surface area contributed by atoms with E-state index in [1.54, 1.807) is 13.3 Å². The molecular formula is C17H18N6O2. The molecule has 1 N–H and O–H groups in total. The maximum absolute atomic E-state index is 13.3. The molecule has 0 saturated carbocycles. The molecule has 1 aliphatic heterocycles. The summed E-state index contributed by atoms with van der Waals surface area (Å²) >= 11 is 0. The first-order chi connectivity index (χ1) is 12.3. The zero-order chi connectivity index (χ0) is 17.2. The molecule has 128 valence electrons. The molecule has 0 spiro atoms. The number of ether oxygens (including phenoxy) is 1. The number of amides is 1. The second-order valence-corrected chi connectivity index (χ2v) is 6.08. The van der Waals surface area contributed by atoms with Gasteiger partial charge in [-0.05, 0) is 18.9 Å². The predicted molar refractivity (Wildman–Crippen MR) is 90.4 cm³/mol. The average Bonchev–Trinajstić information content (AvgIpc) is 3.21. The number of rotatable bonds is 3. The van der Waals surface area contributed by atoms with Crippen molar-refractivity contribution in [2.75, 3.05) is 20.2 Å². The van der Waals surface area contributed by atoms with Crippen LogP contribution in [0.5, 0.6) is 5.75 Å². The Balaban J connectivity index is 1.69. The normalized spacial score (nSPS) is 17.6. The molecule has 8 nitrogen and oxygen atoms in total. The summed E-state index contributed by atoms with van der Waals surface area (Å²) < 4.78 is 5.41. The van der Waals surface area contributed by atoms with Crippen LogP contribution >= 0.6 is 0 Å². The standard InChI is InChI=1S/C17H18N6O2/c1-25-14-9-18-13-7-3-2-6-12(13)15(14)17(24)23-8-4-5-11(10-23)16-19-21-22-20-16/h2-3,6-7,9,11H,4-5,8,10H2,1H3,(H,19,20,21,22). The van der Waals surface area contributed by atoms with E-state index in [1.807, 2.05) is 29.2 Å². The van der Waals surface area contributed by atoms with Gasteiger partial charge in [-0.2, -0.15) is 5.21 Å².